The molecule has 192 valence electrons. The largest absolute Gasteiger partial charge is 0.352 e. The third-order valence-electron chi connectivity index (χ3n) is 6.31. The summed E-state index contributed by atoms with van der Waals surface area (Å²) in [6, 6.07) is 20.7. The van der Waals surface area contributed by atoms with E-state index >= 15 is 0 Å². The number of anilines is 1. The molecule has 1 aliphatic rings. The van der Waals surface area contributed by atoms with Gasteiger partial charge in [-0.3, -0.25) is 19.9 Å². The van der Waals surface area contributed by atoms with Crippen LogP contribution in [0.5, 0.6) is 0 Å². The first-order valence-electron chi connectivity index (χ1n) is 11.9. The molecule has 2 aromatic carbocycles. The van der Waals surface area contributed by atoms with Crippen LogP contribution >= 0.6 is 12.2 Å². The maximum atomic E-state index is 13.2. The van der Waals surface area contributed by atoms with E-state index in [1.54, 1.807) is 18.3 Å². The third kappa shape index (κ3) is 5.23. The van der Waals surface area contributed by atoms with Crippen molar-refractivity contribution in [3.05, 3.63) is 119 Å². The fraction of sp³-hybridized carbons (Fsp3) is 0.148. The minimum Gasteiger partial charge on any atom is -0.352 e. The van der Waals surface area contributed by atoms with E-state index in [4.69, 9.17) is 12.2 Å². The molecule has 0 bridgehead atoms. The summed E-state index contributed by atoms with van der Waals surface area (Å²) in [5, 5.41) is 18.0. The first kappa shape index (κ1) is 25.0. The highest BCUT2D eigenvalue weighted by molar-refractivity contribution is 7.80. The summed E-state index contributed by atoms with van der Waals surface area (Å²) < 4.78 is 15.1. The van der Waals surface area contributed by atoms with Gasteiger partial charge in [0.1, 0.15) is 5.82 Å². The molecule has 3 heterocycles. The highest BCUT2D eigenvalue weighted by atomic mass is 32.1. The lowest BCUT2D eigenvalue weighted by molar-refractivity contribution is -0.384. The van der Waals surface area contributed by atoms with Crippen LogP contribution in [0.15, 0.2) is 91.3 Å². The van der Waals surface area contributed by atoms with Crippen LogP contribution in [0.2, 0.25) is 0 Å². The quantitative estimate of drug-likeness (QED) is 0.189. The lowest BCUT2D eigenvalue weighted by Crippen LogP contribution is -2.33. The minimum absolute atomic E-state index is 0.0159. The molecule has 38 heavy (non-hydrogen) atoms. The van der Waals surface area contributed by atoms with Crippen molar-refractivity contribution in [3.8, 4) is 5.69 Å². The molecule has 0 aliphatic carbocycles. The summed E-state index contributed by atoms with van der Waals surface area (Å²) in [4.78, 5) is 30.1. The van der Waals surface area contributed by atoms with Gasteiger partial charge >= 0.3 is 0 Å². The normalized spacial score (nSPS) is 16.8. The maximum absolute atomic E-state index is 13.2. The van der Waals surface area contributed by atoms with Gasteiger partial charge in [-0.15, -0.1) is 0 Å². The third-order valence-corrected chi connectivity index (χ3v) is 6.66. The Bertz CT molecular complexity index is 1480. The fourth-order valence-electron chi connectivity index (χ4n) is 4.57. The number of nitro benzene ring substituents is 1. The number of hydrogen-bond acceptors (Lipinski definition) is 5. The monoisotopic (exact) mass is 530 g/mol. The topological polar surface area (TPSA) is 105 Å². The molecular weight excluding hydrogens is 507 g/mol. The van der Waals surface area contributed by atoms with Crippen molar-refractivity contribution in [1.82, 2.24) is 19.8 Å². The van der Waals surface area contributed by atoms with E-state index in [1.807, 2.05) is 46.0 Å². The van der Waals surface area contributed by atoms with Crippen molar-refractivity contribution in [2.45, 2.75) is 18.5 Å². The summed E-state index contributed by atoms with van der Waals surface area (Å²) in [6.45, 7) is 0.299. The summed E-state index contributed by atoms with van der Waals surface area (Å²) in [5.41, 5.74) is 2.71. The van der Waals surface area contributed by atoms with Crippen LogP contribution < -0.4 is 10.6 Å². The van der Waals surface area contributed by atoms with Crippen molar-refractivity contribution in [2.75, 3.05) is 11.9 Å². The molecule has 2 N–H and O–H groups in total. The number of carbonyl (C=O) groups excluding carboxylic acids is 1. The van der Waals surface area contributed by atoms with Gasteiger partial charge in [-0.2, -0.15) is 0 Å². The standard InChI is InChI=1S/C27H23FN6O3S/c28-18-9-11-19(12-10-18)30-24(35)13-16-33-26(25(31-27(33)38)22-7-1-2-14-29-22)23-8-4-15-32(23)20-5-3-6-21(17-20)34(36)37/h1-12,14-15,17,25-26H,13,16H2,(H,30,35)(H,31,38)/t25-,26-/m1/s1. The molecule has 4 aromatic rings. The Hall–Kier alpha value is -4.64. The molecule has 1 aliphatic heterocycles. The summed E-state index contributed by atoms with van der Waals surface area (Å²) >= 11 is 5.69. The second kappa shape index (κ2) is 10.8. The maximum Gasteiger partial charge on any atom is 0.271 e. The number of halogens is 1. The summed E-state index contributed by atoms with van der Waals surface area (Å²) in [5.74, 6) is -0.625. The van der Waals surface area contributed by atoms with E-state index in [-0.39, 0.29) is 35.9 Å². The van der Waals surface area contributed by atoms with Crippen LogP contribution in [0.4, 0.5) is 15.8 Å². The minimum atomic E-state index is -0.429. The molecule has 0 unspecified atom stereocenters. The van der Waals surface area contributed by atoms with E-state index < -0.39 is 4.92 Å². The number of amides is 1. The molecule has 11 heteroatoms. The number of benzene rings is 2. The van der Waals surface area contributed by atoms with Gasteiger partial charge in [0, 0.05) is 48.9 Å². The van der Waals surface area contributed by atoms with Crippen molar-refractivity contribution in [2.24, 2.45) is 0 Å². The molecule has 0 saturated carbocycles. The number of nitro groups is 1. The Morgan fingerprint density at radius 3 is 2.66 bits per heavy atom. The fourth-order valence-corrected chi connectivity index (χ4v) is 4.91. The molecule has 9 nitrogen and oxygen atoms in total. The van der Waals surface area contributed by atoms with Gasteiger partial charge in [-0.25, -0.2) is 4.39 Å². The van der Waals surface area contributed by atoms with Crippen LogP contribution in [-0.4, -0.2) is 36.9 Å². The van der Waals surface area contributed by atoms with E-state index in [1.165, 1.54) is 36.4 Å². The highest BCUT2D eigenvalue weighted by Crippen LogP contribution is 2.39. The molecule has 1 fully saturated rings. The van der Waals surface area contributed by atoms with Crippen LogP contribution in [0.1, 0.15) is 29.9 Å². The second-order valence-electron chi connectivity index (χ2n) is 8.71. The number of pyridine rings is 1. The van der Waals surface area contributed by atoms with Crippen molar-refractivity contribution in [1.29, 1.82) is 0 Å². The second-order valence-corrected chi connectivity index (χ2v) is 9.09. The Morgan fingerprint density at radius 2 is 1.92 bits per heavy atom. The molecule has 0 radical (unpaired) electrons. The van der Waals surface area contributed by atoms with E-state index in [9.17, 15) is 19.3 Å². The van der Waals surface area contributed by atoms with Crippen LogP contribution in [0.25, 0.3) is 5.69 Å². The number of thiocarbonyl (C=S) groups is 1. The predicted molar refractivity (Wildman–Crippen MR) is 144 cm³/mol. The van der Waals surface area contributed by atoms with Crippen molar-refractivity contribution < 1.29 is 14.1 Å². The molecule has 1 saturated heterocycles. The number of nitrogens with zero attached hydrogens (tertiary/aromatic N) is 4. The lowest BCUT2D eigenvalue weighted by Gasteiger charge is -2.28. The van der Waals surface area contributed by atoms with Gasteiger partial charge in [0.15, 0.2) is 5.11 Å². The van der Waals surface area contributed by atoms with Gasteiger partial charge in [-0.05, 0) is 66.8 Å². The predicted octanol–water partition coefficient (Wildman–Crippen LogP) is 4.92. The number of carbonyl (C=O) groups is 1. The van der Waals surface area contributed by atoms with Crippen LogP contribution in [0.3, 0.4) is 0 Å². The van der Waals surface area contributed by atoms with Gasteiger partial charge in [0.25, 0.3) is 5.69 Å². The first-order chi connectivity index (χ1) is 18.4. The Labute approximate surface area is 223 Å². The van der Waals surface area contributed by atoms with Gasteiger partial charge in [-0.1, -0.05) is 12.1 Å². The average Bonchev–Trinajstić information content (AvgIpc) is 3.53. The molecule has 0 spiro atoms. The van der Waals surface area contributed by atoms with Gasteiger partial charge in [0.2, 0.25) is 5.91 Å². The van der Waals surface area contributed by atoms with E-state index in [0.717, 1.165) is 11.4 Å². The SMILES string of the molecule is O=C(CCN1C(=S)N[C@H](c2ccccn2)[C@H]1c1cccn1-c1cccc([N+](=O)[O-])c1)Nc1ccc(F)cc1. The Balaban J connectivity index is 1.45. The Morgan fingerprint density at radius 1 is 1.11 bits per heavy atom. The Kier molecular flexibility index (Phi) is 7.09. The van der Waals surface area contributed by atoms with Crippen LogP contribution in [-0.2, 0) is 4.79 Å². The number of aromatic nitrogens is 2. The number of hydrogen-bond donors (Lipinski definition) is 2. The number of rotatable bonds is 8. The van der Waals surface area contributed by atoms with Gasteiger partial charge in [0.05, 0.1) is 28.4 Å². The summed E-state index contributed by atoms with van der Waals surface area (Å²) in [7, 11) is 0. The number of nitrogens with one attached hydrogen (secondary N) is 2. The van der Waals surface area contributed by atoms with E-state index in [0.29, 0.717) is 23.0 Å². The van der Waals surface area contributed by atoms with Crippen molar-refractivity contribution >= 4 is 34.6 Å². The number of non-ortho nitro benzene ring substituents is 1. The van der Waals surface area contributed by atoms with E-state index in [2.05, 4.69) is 15.6 Å². The molecule has 1 amide bonds. The van der Waals surface area contributed by atoms with Crippen molar-refractivity contribution in [3.63, 3.8) is 0 Å². The molecule has 2 atom stereocenters. The lowest BCUT2D eigenvalue weighted by atomic mass is 10.0. The average molecular weight is 531 g/mol. The molecule has 2 aromatic heterocycles. The molecular formula is C27H23FN6O3S. The first-order valence-corrected chi connectivity index (χ1v) is 12.3. The molecule has 5 rings (SSSR count). The highest BCUT2D eigenvalue weighted by Gasteiger charge is 2.41. The van der Waals surface area contributed by atoms with Crippen LogP contribution in [0, 0.1) is 15.9 Å². The van der Waals surface area contributed by atoms with Gasteiger partial charge < -0.3 is 20.1 Å². The summed E-state index contributed by atoms with van der Waals surface area (Å²) in [6.07, 6.45) is 3.67. The smallest absolute Gasteiger partial charge is 0.271 e. The zero-order chi connectivity index (χ0) is 26.6. The zero-order valence-corrected chi connectivity index (χ0v) is 20.8. The zero-order valence-electron chi connectivity index (χ0n) is 20.0.